The van der Waals surface area contributed by atoms with Crippen molar-refractivity contribution in [3.8, 4) is 0 Å². The zero-order valence-corrected chi connectivity index (χ0v) is 7.77. The minimum Gasteiger partial charge on any atom is -0.490 e. The third-order valence-corrected chi connectivity index (χ3v) is 2.52. The van der Waals surface area contributed by atoms with Crippen molar-refractivity contribution in [3.63, 3.8) is 0 Å². The van der Waals surface area contributed by atoms with Crippen molar-refractivity contribution in [2.45, 2.75) is 25.9 Å². The fourth-order valence-corrected chi connectivity index (χ4v) is 1.53. The standard InChI is InChI=1S/C10H14O2/c1-5-9(12-4)10(11)6-7(2)8(10)3/h11H,1,6H2,2-4H3. The third kappa shape index (κ3) is 1.01. The van der Waals surface area contributed by atoms with Gasteiger partial charge in [-0.15, -0.1) is 0 Å². The van der Waals surface area contributed by atoms with E-state index in [1.807, 2.05) is 13.8 Å². The summed E-state index contributed by atoms with van der Waals surface area (Å²) in [5, 5.41) is 9.99. The van der Waals surface area contributed by atoms with E-state index in [0.29, 0.717) is 12.2 Å². The average Bonchev–Trinajstić information content (AvgIpc) is 2.06. The minimum absolute atomic E-state index is 0.422. The van der Waals surface area contributed by atoms with E-state index in [2.05, 4.69) is 12.3 Å². The molecule has 0 heterocycles. The van der Waals surface area contributed by atoms with E-state index in [9.17, 15) is 5.11 Å². The summed E-state index contributed by atoms with van der Waals surface area (Å²) in [5.74, 6) is 0.422. The lowest BCUT2D eigenvalue weighted by Gasteiger charge is -2.39. The van der Waals surface area contributed by atoms with Crippen molar-refractivity contribution in [3.05, 3.63) is 29.2 Å². The van der Waals surface area contributed by atoms with Gasteiger partial charge in [0.05, 0.1) is 7.11 Å². The fourth-order valence-electron chi connectivity index (χ4n) is 1.53. The van der Waals surface area contributed by atoms with Crippen LogP contribution in [0, 0.1) is 0 Å². The van der Waals surface area contributed by atoms with Crippen molar-refractivity contribution < 1.29 is 9.84 Å². The van der Waals surface area contributed by atoms with Crippen molar-refractivity contribution in [1.29, 1.82) is 0 Å². The molecule has 0 amide bonds. The molecule has 1 atom stereocenters. The van der Waals surface area contributed by atoms with Crippen LogP contribution in [-0.2, 0) is 4.74 Å². The van der Waals surface area contributed by atoms with Crippen LogP contribution < -0.4 is 0 Å². The zero-order chi connectivity index (χ0) is 9.35. The molecule has 0 spiro atoms. The molecule has 0 bridgehead atoms. The number of ether oxygens (including phenoxy) is 1. The molecule has 1 rings (SSSR count). The summed E-state index contributed by atoms with van der Waals surface area (Å²) in [6.45, 7) is 7.37. The first-order valence-electron chi connectivity index (χ1n) is 3.90. The lowest BCUT2D eigenvalue weighted by atomic mass is 9.73. The molecular formula is C10H14O2. The Morgan fingerprint density at radius 2 is 2.25 bits per heavy atom. The second kappa shape index (κ2) is 2.81. The molecule has 0 saturated carbocycles. The lowest BCUT2D eigenvalue weighted by molar-refractivity contribution is 0.0358. The molecular weight excluding hydrogens is 152 g/mol. The maximum Gasteiger partial charge on any atom is 0.173 e. The number of hydrogen-bond donors (Lipinski definition) is 1. The van der Waals surface area contributed by atoms with Crippen molar-refractivity contribution in [1.82, 2.24) is 0 Å². The molecule has 1 unspecified atom stereocenters. The maximum absolute atomic E-state index is 9.99. The highest BCUT2D eigenvalue weighted by Gasteiger charge is 2.43. The summed E-state index contributed by atoms with van der Waals surface area (Å²) < 4.78 is 4.98. The predicted octanol–water partition coefficient (Wildman–Crippen LogP) is 1.77. The predicted molar refractivity (Wildman–Crippen MR) is 47.6 cm³/mol. The van der Waals surface area contributed by atoms with Crippen molar-refractivity contribution in [2.24, 2.45) is 0 Å². The number of methoxy groups -OCH3 is 1. The molecule has 12 heavy (non-hydrogen) atoms. The Balaban J connectivity index is 3.00. The van der Waals surface area contributed by atoms with Gasteiger partial charge in [-0.25, -0.2) is 0 Å². The van der Waals surface area contributed by atoms with Crippen LogP contribution in [0.4, 0.5) is 0 Å². The maximum atomic E-state index is 9.99. The Morgan fingerprint density at radius 1 is 1.67 bits per heavy atom. The first-order chi connectivity index (χ1) is 5.56. The van der Waals surface area contributed by atoms with Crippen LogP contribution in [-0.4, -0.2) is 17.8 Å². The van der Waals surface area contributed by atoms with Crippen LogP contribution in [0.5, 0.6) is 0 Å². The Kier molecular flexibility index (Phi) is 2.14. The summed E-state index contributed by atoms with van der Waals surface area (Å²) in [6, 6.07) is 0. The molecule has 1 N–H and O–H groups in total. The molecule has 2 heteroatoms. The highest BCUT2D eigenvalue weighted by molar-refractivity contribution is 5.41. The molecule has 66 valence electrons. The summed E-state index contributed by atoms with van der Waals surface area (Å²) >= 11 is 0. The smallest absolute Gasteiger partial charge is 0.173 e. The molecule has 1 aliphatic rings. The van der Waals surface area contributed by atoms with Crippen molar-refractivity contribution >= 4 is 0 Å². The lowest BCUT2D eigenvalue weighted by Crippen LogP contribution is -2.41. The topological polar surface area (TPSA) is 29.5 Å². The van der Waals surface area contributed by atoms with Gasteiger partial charge in [-0.05, 0) is 19.4 Å². The molecule has 0 fully saturated rings. The summed E-state index contributed by atoms with van der Waals surface area (Å²) in [4.78, 5) is 0. The van der Waals surface area contributed by atoms with Crippen molar-refractivity contribution in [2.75, 3.05) is 7.11 Å². The van der Waals surface area contributed by atoms with E-state index in [1.54, 1.807) is 0 Å². The Hall–Kier alpha value is -0.980. The fraction of sp³-hybridized carbons (Fsp3) is 0.500. The van der Waals surface area contributed by atoms with Gasteiger partial charge in [0.25, 0.3) is 0 Å². The normalized spacial score (nSPS) is 27.7. The Labute approximate surface area is 72.9 Å². The third-order valence-electron chi connectivity index (χ3n) is 2.52. The second-order valence-electron chi connectivity index (χ2n) is 3.15. The molecule has 0 aromatic carbocycles. The summed E-state index contributed by atoms with van der Waals surface area (Å²) in [6.07, 6.45) is 0.629. The number of rotatable bonds is 2. The summed E-state index contributed by atoms with van der Waals surface area (Å²) in [7, 11) is 1.52. The highest BCUT2D eigenvalue weighted by atomic mass is 16.5. The van der Waals surface area contributed by atoms with E-state index in [-0.39, 0.29) is 0 Å². The zero-order valence-electron chi connectivity index (χ0n) is 7.77. The Morgan fingerprint density at radius 3 is 2.50 bits per heavy atom. The van der Waals surface area contributed by atoms with Crippen LogP contribution in [0.25, 0.3) is 0 Å². The van der Waals surface area contributed by atoms with Crippen LogP contribution >= 0.6 is 0 Å². The average molecular weight is 166 g/mol. The van der Waals surface area contributed by atoms with Crippen LogP contribution in [0.1, 0.15) is 20.3 Å². The van der Waals surface area contributed by atoms with Gasteiger partial charge in [0.1, 0.15) is 0 Å². The number of hydrogen-bond acceptors (Lipinski definition) is 2. The molecule has 2 nitrogen and oxygen atoms in total. The first kappa shape index (κ1) is 9.11. The van der Waals surface area contributed by atoms with Gasteiger partial charge in [-0.3, -0.25) is 0 Å². The summed E-state index contributed by atoms with van der Waals surface area (Å²) in [5.41, 5.74) is 3.84. The van der Waals surface area contributed by atoms with Crippen LogP contribution in [0.15, 0.2) is 29.2 Å². The first-order valence-corrected chi connectivity index (χ1v) is 3.90. The van der Waals surface area contributed by atoms with Gasteiger partial charge in [0, 0.05) is 6.42 Å². The second-order valence-corrected chi connectivity index (χ2v) is 3.15. The Bertz CT molecular complexity index is 282. The molecule has 0 saturated heterocycles. The molecule has 0 aliphatic heterocycles. The largest absolute Gasteiger partial charge is 0.490 e. The molecule has 1 aliphatic carbocycles. The molecule has 0 radical (unpaired) electrons. The number of aliphatic hydroxyl groups is 1. The monoisotopic (exact) mass is 166 g/mol. The van der Waals surface area contributed by atoms with E-state index < -0.39 is 5.60 Å². The van der Waals surface area contributed by atoms with E-state index in [1.165, 1.54) is 12.7 Å². The van der Waals surface area contributed by atoms with E-state index in [0.717, 1.165) is 5.57 Å². The van der Waals surface area contributed by atoms with Gasteiger partial charge < -0.3 is 9.84 Å². The minimum atomic E-state index is -0.930. The molecule has 0 aromatic rings. The quantitative estimate of drug-likeness (QED) is 0.385. The highest BCUT2D eigenvalue weighted by Crippen LogP contribution is 2.42. The van der Waals surface area contributed by atoms with Crippen LogP contribution in [0.2, 0.25) is 0 Å². The van der Waals surface area contributed by atoms with E-state index >= 15 is 0 Å². The van der Waals surface area contributed by atoms with Gasteiger partial charge >= 0.3 is 0 Å². The van der Waals surface area contributed by atoms with Crippen LogP contribution in [0.3, 0.4) is 0 Å². The SMILES string of the molecule is C=C=C(OC)C1(O)CC(C)=C1C. The van der Waals surface area contributed by atoms with Gasteiger partial charge in [0.2, 0.25) is 0 Å². The van der Waals surface area contributed by atoms with Gasteiger partial charge in [0.15, 0.2) is 11.4 Å². The van der Waals surface area contributed by atoms with Gasteiger partial charge in [-0.2, -0.15) is 0 Å². The van der Waals surface area contributed by atoms with Gasteiger partial charge in [-0.1, -0.05) is 17.9 Å². The van der Waals surface area contributed by atoms with E-state index in [4.69, 9.17) is 4.74 Å². The molecule has 0 aromatic heterocycles.